The number of likely N-dealkylation sites (tertiary alicyclic amines) is 1. The molecule has 1 aliphatic heterocycles. The molecule has 2 aromatic heterocycles. The highest BCUT2D eigenvalue weighted by Crippen LogP contribution is 2.33. The molecule has 1 N–H and O–H groups in total. The van der Waals surface area contributed by atoms with Crippen molar-refractivity contribution in [2.45, 2.75) is 25.2 Å². The molecule has 0 radical (unpaired) electrons. The Balaban J connectivity index is 1.37. The summed E-state index contributed by atoms with van der Waals surface area (Å²) in [5, 5.41) is 1.11. The molecular weight excluding hydrogens is 400 g/mol. The molecule has 1 atom stereocenters. The first kappa shape index (κ1) is 20.2. The summed E-state index contributed by atoms with van der Waals surface area (Å²) in [7, 11) is 1.66. The average Bonchev–Trinajstić information content (AvgIpc) is 3.27. The molecular formula is C26H26N4O2. The van der Waals surface area contributed by atoms with Crippen molar-refractivity contribution in [1.82, 2.24) is 19.9 Å². The third-order valence-electron chi connectivity index (χ3n) is 6.25. The predicted octanol–water partition coefficient (Wildman–Crippen LogP) is 4.58. The first-order valence-corrected chi connectivity index (χ1v) is 11.0. The molecule has 1 aliphatic rings. The second kappa shape index (κ2) is 8.83. The standard InChI is InChI=1S/C26H26N4O2/c1-32-21-8-4-6-18(14-21)25-26(28-12-11-27-25)19-7-5-13-30(17-19)24(31)15-20-16-29-23-10-3-2-9-22(20)23/h2-4,6,8-12,14,16,19,29H,5,7,13,15,17H2,1H3/t19-/m0/s1. The fourth-order valence-electron chi connectivity index (χ4n) is 4.62. The van der Waals surface area contributed by atoms with Gasteiger partial charge in [0.15, 0.2) is 0 Å². The number of hydrogen-bond acceptors (Lipinski definition) is 4. The van der Waals surface area contributed by atoms with Crippen molar-refractivity contribution in [2.75, 3.05) is 20.2 Å². The van der Waals surface area contributed by atoms with Crippen LogP contribution in [0.2, 0.25) is 0 Å². The molecule has 2 aromatic carbocycles. The summed E-state index contributed by atoms with van der Waals surface area (Å²) in [6, 6.07) is 16.0. The van der Waals surface area contributed by atoms with Crippen molar-refractivity contribution >= 4 is 16.8 Å². The molecule has 4 aromatic rings. The number of rotatable bonds is 5. The normalized spacial score (nSPS) is 16.3. The van der Waals surface area contributed by atoms with E-state index in [4.69, 9.17) is 9.72 Å². The minimum absolute atomic E-state index is 0.158. The highest BCUT2D eigenvalue weighted by Gasteiger charge is 2.28. The number of nitrogens with one attached hydrogen (secondary N) is 1. The van der Waals surface area contributed by atoms with Crippen LogP contribution < -0.4 is 4.74 Å². The number of benzene rings is 2. The van der Waals surface area contributed by atoms with E-state index in [2.05, 4.69) is 16.0 Å². The van der Waals surface area contributed by atoms with Gasteiger partial charge in [-0.15, -0.1) is 0 Å². The lowest BCUT2D eigenvalue weighted by atomic mass is 9.91. The summed E-state index contributed by atoms with van der Waals surface area (Å²) in [6.07, 6.45) is 7.77. The SMILES string of the molecule is COc1cccc(-c2nccnc2[C@H]2CCCN(C(=O)Cc3c[nH]c4ccccc34)C2)c1. The van der Waals surface area contributed by atoms with Crippen LogP contribution in [0.3, 0.4) is 0 Å². The summed E-state index contributed by atoms with van der Waals surface area (Å²) in [5.41, 5.74) is 4.90. The van der Waals surface area contributed by atoms with Crippen molar-refractivity contribution in [3.8, 4) is 17.0 Å². The zero-order valence-corrected chi connectivity index (χ0v) is 18.1. The Kier molecular flexibility index (Phi) is 5.58. The number of methoxy groups -OCH3 is 1. The third-order valence-corrected chi connectivity index (χ3v) is 6.25. The van der Waals surface area contributed by atoms with Gasteiger partial charge in [-0.25, -0.2) is 0 Å². The number of amides is 1. The highest BCUT2D eigenvalue weighted by molar-refractivity contribution is 5.89. The second-order valence-electron chi connectivity index (χ2n) is 8.24. The number of para-hydroxylation sites is 1. The quantitative estimate of drug-likeness (QED) is 0.507. The molecule has 0 spiro atoms. The summed E-state index contributed by atoms with van der Waals surface area (Å²) in [6.45, 7) is 1.45. The molecule has 162 valence electrons. The van der Waals surface area contributed by atoms with Crippen molar-refractivity contribution in [2.24, 2.45) is 0 Å². The van der Waals surface area contributed by atoms with E-state index in [9.17, 15) is 4.79 Å². The zero-order chi connectivity index (χ0) is 21.9. The monoisotopic (exact) mass is 426 g/mol. The number of H-pyrrole nitrogens is 1. The Bertz CT molecular complexity index is 1250. The minimum Gasteiger partial charge on any atom is -0.497 e. The lowest BCUT2D eigenvalue weighted by Crippen LogP contribution is -2.40. The van der Waals surface area contributed by atoms with E-state index < -0.39 is 0 Å². The van der Waals surface area contributed by atoms with Crippen molar-refractivity contribution in [3.63, 3.8) is 0 Å². The second-order valence-corrected chi connectivity index (χ2v) is 8.24. The van der Waals surface area contributed by atoms with E-state index in [1.165, 1.54) is 0 Å². The lowest BCUT2D eigenvalue weighted by molar-refractivity contribution is -0.131. The maximum Gasteiger partial charge on any atom is 0.227 e. The number of piperidine rings is 1. The van der Waals surface area contributed by atoms with Crippen LogP contribution in [0.25, 0.3) is 22.2 Å². The Hall–Kier alpha value is -3.67. The molecule has 0 unspecified atom stereocenters. The number of aromatic amines is 1. The molecule has 0 aliphatic carbocycles. The van der Waals surface area contributed by atoms with Gasteiger partial charge in [0.2, 0.25) is 5.91 Å². The van der Waals surface area contributed by atoms with E-state index in [1.54, 1.807) is 19.5 Å². The number of nitrogens with zero attached hydrogens (tertiary/aromatic N) is 3. The van der Waals surface area contributed by atoms with Crippen LogP contribution >= 0.6 is 0 Å². The molecule has 6 nitrogen and oxygen atoms in total. The van der Waals surface area contributed by atoms with E-state index in [-0.39, 0.29) is 11.8 Å². The van der Waals surface area contributed by atoms with Crippen LogP contribution in [0.4, 0.5) is 0 Å². The first-order valence-electron chi connectivity index (χ1n) is 11.0. The van der Waals surface area contributed by atoms with Gasteiger partial charge in [0.25, 0.3) is 0 Å². The van der Waals surface area contributed by atoms with Crippen LogP contribution in [0.5, 0.6) is 5.75 Å². The number of hydrogen-bond donors (Lipinski definition) is 1. The zero-order valence-electron chi connectivity index (χ0n) is 18.1. The van der Waals surface area contributed by atoms with Crippen LogP contribution in [0.15, 0.2) is 67.1 Å². The summed E-state index contributed by atoms with van der Waals surface area (Å²) in [4.78, 5) is 27.8. The van der Waals surface area contributed by atoms with E-state index in [0.29, 0.717) is 13.0 Å². The Morgan fingerprint density at radius 1 is 1.16 bits per heavy atom. The predicted molar refractivity (Wildman–Crippen MR) is 125 cm³/mol. The number of carbonyl (C=O) groups excluding carboxylic acids is 1. The molecule has 6 heteroatoms. The Labute approximate surface area is 187 Å². The lowest BCUT2D eigenvalue weighted by Gasteiger charge is -2.33. The molecule has 0 saturated carbocycles. The van der Waals surface area contributed by atoms with Crippen molar-refractivity contribution in [3.05, 3.63) is 78.4 Å². The third kappa shape index (κ3) is 3.96. The van der Waals surface area contributed by atoms with Gasteiger partial charge in [-0.3, -0.25) is 14.8 Å². The van der Waals surface area contributed by atoms with E-state index in [0.717, 1.165) is 58.6 Å². The van der Waals surface area contributed by atoms with Gasteiger partial charge in [0.1, 0.15) is 5.75 Å². The number of carbonyl (C=O) groups is 1. The van der Waals surface area contributed by atoms with Gasteiger partial charge in [-0.1, -0.05) is 30.3 Å². The van der Waals surface area contributed by atoms with Gasteiger partial charge < -0.3 is 14.6 Å². The first-order chi connectivity index (χ1) is 15.7. The van der Waals surface area contributed by atoms with Crippen LogP contribution in [0.1, 0.15) is 30.0 Å². The molecule has 1 fully saturated rings. The fourth-order valence-corrected chi connectivity index (χ4v) is 4.62. The van der Waals surface area contributed by atoms with Gasteiger partial charge in [0, 0.05) is 54.1 Å². The van der Waals surface area contributed by atoms with Gasteiger partial charge in [-0.05, 0) is 36.6 Å². The molecule has 32 heavy (non-hydrogen) atoms. The summed E-state index contributed by atoms with van der Waals surface area (Å²) in [5.74, 6) is 1.11. The maximum absolute atomic E-state index is 13.2. The van der Waals surface area contributed by atoms with Gasteiger partial charge in [0.05, 0.1) is 24.9 Å². The van der Waals surface area contributed by atoms with Crippen molar-refractivity contribution < 1.29 is 9.53 Å². The van der Waals surface area contributed by atoms with E-state index in [1.807, 2.05) is 53.6 Å². The number of fused-ring (bicyclic) bond motifs is 1. The van der Waals surface area contributed by atoms with Crippen LogP contribution in [-0.4, -0.2) is 46.0 Å². The minimum atomic E-state index is 0.158. The molecule has 1 amide bonds. The van der Waals surface area contributed by atoms with Crippen molar-refractivity contribution in [1.29, 1.82) is 0 Å². The summed E-state index contributed by atoms with van der Waals surface area (Å²) >= 11 is 0. The Morgan fingerprint density at radius 3 is 2.94 bits per heavy atom. The van der Waals surface area contributed by atoms with E-state index >= 15 is 0 Å². The van der Waals surface area contributed by atoms with Gasteiger partial charge in [-0.2, -0.15) is 0 Å². The molecule has 0 bridgehead atoms. The molecule has 3 heterocycles. The molecule has 5 rings (SSSR count). The summed E-state index contributed by atoms with van der Waals surface area (Å²) < 4.78 is 5.39. The maximum atomic E-state index is 13.2. The van der Waals surface area contributed by atoms with Crippen LogP contribution in [0, 0.1) is 0 Å². The number of aromatic nitrogens is 3. The average molecular weight is 427 g/mol. The smallest absolute Gasteiger partial charge is 0.227 e. The number of ether oxygens (including phenoxy) is 1. The molecule has 1 saturated heterocycles. The highest BCUT2D eigenvalue weighted by atomic mass is 16.5. The fraction of sp³-hybridized carbons (Fsp3) is 0.269. The van der Waals surface area contributed by atoms with Crippen LogP contribution in [-0.2, 0) is 11.2 Å². The topological polar surface area (TPSA) is 71.1 Å². The Morgan fingerprint density at radius 2 is 2.03 bits per heavy atom. The van der Waals surface area contributed by atoms with Gasteiger partial charge >= 0.3 is 0 Å². The largest absolute Gasteiger partial charge is 0.497 e.